The van der Waals surface area contributed by atoms with Crippen molar-refractivity contribution >= 4 is 45.0 Å². The van der Waals surface area contributed by atoms with Crippen molar-refractivity contribution in [2.24, 2.45) is 16.3 Å². The molecule has 1 amide bonds. The van der Waals surface area contributed by atoms with Gasteiger partial charge in [0.2, 0.25) is 0 Å². The van der Waals surface area contributed by atoms with E-state index in [-0.39, 0.29) is 17.1 Å². The van der Waals surface area contributed by atoms with E-state index in [2.05, 4.69) is 36.7 Å². The molecule has 0 spiro atoms. The standard InChI is InChI=1S/C35H34FN3OS/c1-35(2,3)25-17-18-28-31(19-25)41-34(32(28)33(40)38-26-12-5-4-6-13-26)37-20-24-22-39(30-16-10-8-14-27(24)30)21-23-11-7-9-15-29(23)36/h4-16,20,22,25H,17-19,21H2,1-3H3,(H,38,40)/t25-/m0/s1. The van der Waals surface area contributed by atoms with Gasteiger partial charge in [-0.15, -0.1) is 11.3 Å². The number of anilines is 1. The van der Waals surface area contributed by atoms with Crippen LogP contribution in [-0.4, -0.2) is 16.7 Å². The normalized spacial score (nSPS) is 15.4. The molecule has 0 saturated carbocycles. The fourth-order valence-electron chi connectivity index (χ4n) is 5.80. The summed E-state index contributed by atoms with van der Waals surface area (Å²) in [5.41, 5.74) is 5.38. The molecule has 0 aliphatic heterocycles. The highest BCUT2D eigenvalue weighted by molar-refractivity contribution is 7.16. The van der Waals surface area contributed by atoms with Crippen LogP contribution in [0, 0.1) is 17.2 Å². The SMILES string of the molecule is CC(C)(C)[C@H]1CCc2c(sc(N=Cc3cn(Cc4ccccc4F)c4ccccc34)c2C(=O)Nc2ccccc2)C1. The van der Waals surface area contributed by atoms with Gasteiger partial charge >= 0.3 is 0 Å². The first-order valence-electron chi connectivity index (χ1n) is 14.1. The lowest BCUT2D eigenvalue weighted by atomic mass is 9.72. The summed E-state index contributed by atoms with van der Waals surface area (Å²) in [6, 6.07) is 24.6. The lowest BCUT2D eigenvalue weighted by molar-refractivity contribution is 0.102. The second kappa shape index (κ2) is 11.1. The van der Waals surface area contributed by atoms with E-state index in [1.807, 2.05) is 73.1 Å². The first-order valence-corrected chi connectivity index (χ1v) is 15.0. The minimum Gasteiger partial charge on any atom is -0.342 e. The van der Waals surface area contributed by atoms with Crippen molar-refractivity contribution in [2.45, 2.75) is 46.6 Å². The number of benzene rings is 3. The molecule has 3 aromatic carbocycles. The monoisotopic (exact) mass is 563 g/mol. The maximum Gasteiger partial charge on any atom is 0.259 e. The Morgan fingerprint density at radius 1 is 1.05 bits per heavy atom. The summed E-state index contributed by atoms with van der Waals surface area (Å²) < 4.78 is 16.5. The molecule has 6 heteroatoms. The van der Waals surface area contributed by atoms with Crippen LogP contribution in [0.5, 0.6) is 0 Å². The molecule has 1 aliphatic carbocycles. The van der Waals surface area contributed by atoms with Crippen LogP contribution >= 0.6 is 11.3 Å². The first kappa shape index (κ1) is 27.2. The Morgan fingerprint density at radius 2 is 1.78 bits per heavy atom. The number of aliphatic imine (C=N–C) groups is 1. The van der Waals surface area contributed by atoms with E-state index in [1.54, 1.807) is 17.4 Å². The first-order chi connectivity index (χ1) is 19.8. The summed E-state index contributed by atoms with van der Waals surface area (Å²) in [4.78, 5) is 19.9. The van der Waals surface area contributed by atoms with Crippen molar-refractivity contribution in [3.8, 4) is 0 Å². The molecular weight excluding hydrogens is 529 g/mol. The minimum atomic E-state index is -0.215. The van der Waals surface area contributed by atoms with Crippen LogP contribution in [0.1, 0.15) is 59.1 Å². The average Bonchev–Trinajstić information content (AvgIpc) is 3.50. The number of carbonyl (C=O) groups is 1. The third-order valence-electron chi connectivity index (χ3n) is 8.17. The molecule has 1 atom stereocenters. The molecule has 0 radical (unpaired) electrons. The molecule has 6 rings (SSSR count). The minimum absolute atomic E-state index is 0.114. The third kappa shape index (κ3) is 5.62. The summed E-state index contributed by atoms with van der Waals surface area (Å²) in [7, 11) is 0. The fraction of sp³-hybridized carbons (Fsp3) is 0.257. The number of halogens is 1. The Kier molecular flexibility index (Phi) is 7.35. The summed E-state index contributed by atoms with van der Waals surface area (Å²) in [5.74, 6) is 0.233. The number of thiophene rings is 1. The Balaban J connectivity index is 1.38. The van der Waals surface area contributed by atoms with Crippen molar-refractivity contribution in [1.29, 1.82) is 0 Å². The van der Waals surface area contributed by atoms with Gasteiger partial charge in [0.1, 0.15) is 10.8 Å². The van der Waals surface area contributed by atoms with Crippen molar-refractivity contribution in [1.82, 2.24) is 4.57 Å². The summed E-state index contributed by atoms with van der Waals surface area (Å²) in [6.45, 7) is 7.33. The number of rotatable bonds is 6. The van der Waals surface area contributed by atoms with E-state index in [9.17, 15) is 9.18 Å². The molecule has 208 valence electrons. The highest BCUT2D eigenvalue weighted by Gasteiger charge is 2.33. The van der Waals surface area contributed by atoms with Crippen molar-refractivity contribution in [2.75, 3.05) is 5.32 Å². The van der Waals surface area contributed by atoms with Crippen molar-refractivity contribution in [3.05, 3.63) is 118 Å². The molecule has 0 fully saturated rings. The zero-order chi connectivity index (χ0) is 28.6. The fourth-order valence-corrected chi connectivity index (χ4v) is 7.07. The predicted molar refractivity (Wildman–Crippen MR) is 168 cm³/mol. The number of nitrogens with one attached hydrogen (secondary N) is 1. The molecule has 41 heavy (non-hydrogen) atoms. The molecule has 4 nitrogen and oxygen atoms in total. The van der Waals surface area contributed by atoms with Crippen LogP contribution in [0.2, 0.25) is 0 Å². The van der Waals surface area contributed by atoms with Gasteiger partial charge in [-0.1, -0.05) is 75.4 Å². The van der Waals surface area contributed by atoms with Crippen LogP contribution in [0.25, 0.3) is 10.9 Å². The van der Waals surface area contributed by atoms with Crippen LogP contribution < -0.4 is 5.32 Å². The number of aromatic nitrogens is 1. The zero-order valence-electron chi connectivity index (χ0n) is 23.7. The summed E-state index contributed by atoms with van der Waals surface area (Å²) in [6.07, 6.45) is 6.78. The highest BCUT2D eigenvalue weighted by Crippen LogP contribution is 2.45. The van der Waals surface area contributed by atoms with E-state index in [0.717, 1.165) is 52.0 Å². The van der Waals surface area contributed by atoms with Crippen molar-refractivity contribution < 1.29 is 9.18 Å². The maximum absolute atomic E-state index is 14.5. The van der Waals surface area contributed by atoms with Gasteiger partial charge in [-0.3, -0.25) is 4.79 Å². The molecule has 1 N–H and O–H groups in total. The predicted octanol–water partition coefficient (Wildman–Crippen LogP) is 9.04. The number of fused-ring (bicyclic) bond motifs is 2. The van der Waals surface area contributed by atoms with Gasteiger partial charge in [-0.25, -0.2) is 9.38 Å². The van der Waals surface area contributed by atoms with Crippen molar-refractivity contribution in [3.63, 3.8) is 0 Å². The van der Waals surface area contributed by atoms with Gasteiger partial charge < -0.3 is 9.88 Å². The molecule has 1 aliphatic rings. The van der Waals surface area contributed by atoms with Crippen LogP contribution in [0.15, 0.2) is 90.1 Å². The largest absolute Gasteiger partial charge is 0.342 e. The van der Waals surface area contributed by atoms with Gasteiger partial charge in [-0.05, 0) is 60.4 Å². The highest BCUT2D eigenvalue weighted by atomic mass is 32.1. The zero-order valence-corrected chi connectivity index (χ0v) is 24.5. The van der Waals surface area contributed by atoms with Gasteiger partial charge in [0.25, 0.3) is 5.91 Å². The molecule has 2 aromatic heterocycles. The molecule has 0 bridgehead atoms. The number of hydrogen-bond acceptors (Lipinski definition) is 3. The lowest BCUT2D eigenvalue weighted by Gasteiger charge is -2.33. The topological polar surface area (TPSA) is 46.4 Å². The summed E-state index contributed by atoms with van der Waals surface area (Å²) in [5, 5.41) is 4.87. The second-order valence-electron chi connectivity index (χ2n) is 11.9. The van der Waals surface area contributed by atoms with E-state index in [0.29, 0.717) is 23.6 Å². The Bertz CT molecular complexity index is 1740. The lowest BCUT2D eigenvalue weighted by Crippen LogP contribution is -2.27. The quantitative estimate of drug-likeness (QED) is 0.206. The smallest absolute Gasteiger partial charge is 0.259 e. The van der Waals surface area contributed by atoms with E-state index in [1.165, 1.54) is 10.9 Å². The summed E-state index contributed by atoms with van der Waals surface area (Å²) >= 11 is 1.64. The van der Waals surface area contributed by atoms with Crippen LogP contribution in [-0.2, 0) is 19.4 Å². The average molecular weight is 564 g/mol. The van der Waals surface area contributed by atoms with Crippen LogP contribution in [0.3, 0.4) is 0 Å². The van der Waals surface area contributed by atoms with Gasteiger partial charge in [0.05, 0.1) is 12.1 Å². The number of nitrogens with zero attached hydrogens (tertiary/aromatic N) is 2. The second-order valence-corrected chi connectivity index (χ2v) is 13.0. The number of para-hydroxylation sites is 2. The van der Waals surface area contributed by atoms with Gasteiger partial charge in [0.15, 0.2) is 0 Å². The Labute approximate surface area is 244 Å². The molecule has 5 aromatic rings. The number of carbonyl (C=O) groups excluding carboxylic acids is 1. The Morgan fingerprint density at radius 3 is 2.56 bits per heavy atom. The number of hydrogen-bond donors (Lipinski definition) is 1. The third-order valence-corrected chi connectivity index (χ3v) is 9.33. The Hall–Kier alpha value is -4.03. The molecule has 0 saturated heterocycles. The molecule has 2 heterocycles. The van der Waals surface area contributed by atoms with E-state index < -0.39 is 0 Å². The van der Waals surface area contributed by atoms with E-state index in [4.69, 9.17) is 4.99 Å². The van der Waals surface area contributed by atoms with Gasteiger partial charge in [-0.2, -0.15) is 0 Å². The number of amides is 1. The molecular formula is C35H34FN3OS. The maximum atomic E-state index is 14.5. The van der Waals surface area contributed by atoms with E-state index >= 15 is 0 Å². The van der Waals surface area contributed by atoms with Crippen LogP contribution in [0.4, 0.5) is 15.1 Å². The van der Waals surface area contributed by atoms with Gasteiger partial charge in [0, 0.05) is 45.0 Å². The molecule has 0 unspecified atom stereocenters.